The van der Waals surface area contributed by atoms with Crippen molar-refractivity contribution >= 4 is 29.8 Å². The van der Waals surface area contributed by atoms with E-state index in [1.54, 1.807) is 35.3 Å². The summed E-state index contributed by atoms with van der Waals surface area (Å²) in [5.41, 5.74) is 18.0. The average Bonchev–Trinajstić information content (AvgIpc) is 3.25. The molecule has 0 spiro atoms. The quantitative estimate of drug-likeness (QED) is 0.0141. The van der Waals surface area contributed by atoms with Gasteiger partial charge < -0.3 is 63.1 Å². The molecule has 25 heteroatoms. The van der Waals surface area contributed by atoms with E-state index < -0.39 is 5.97 Å². The molecule has 0 unspecified atom stereocenters. The Morgan fingerprint density at radius 1 is 0.459 bits per heavy atom. The second kappa shape index (κ2) is 101. The highest BCUT2D eigenvalue weighted by Gasteiger charge is 2.01. The van der Waals surface area contributed by atoms with Gasteiger partial charge in [0.15, 0.2) is 6.79 Å². The lowest BCUT2D eigenvalue weighted by molar-refractivity contribution is -0.255. The summed E-state index contributed by atoms with van der Waals surface area (Å²) in [4.78, 5) is 85.3. The lowest BCUT2D eigenvalue weighted by atomic mass is 10.4. The Morgan fingerprint density at radius 3 is 0.918 bits per heavy atom. The second-order valence-electron chi connectivity index (χ2n) is 8.20. The van der Waals surface area contributed by atoms with Crippen LogP contribution in [0.5, 0.6) is 0 Å². The van der Waals surface area contributed by atoms with Gasteiger partial charge in [-0.25, -0.2) is 24.0 Å². The van der Waals surface area contributed by atoms with E-state index in [1.807, 2.05) is 0 Å². The van der Waals surface area contributed by atoms with Gasteiger partial charge in [-0.15, -0.1) is 0 Å². The largest absolute Gasteiger partial charge is 0.435 e. The van der Waals surface area contributed by atoms with Crippen LogP contribution < -0.4 is 44.2 Å². The SMILES string of the molecule is C.C.C.C=CC(=O)OCOCCOCCOC.CN.CN.CN.CN.CNCCC(=O)OOC.CNCCC(=O)OOC.CNCCC(=O)OOC.CNCCC(=O)OOC. The molecule has 0 aliphatic rings. The predicted molar refractivity (Wildman–Crippen MR) is 237 cm³/mol. The van der Waals surface area contributed by atoms with Gasteiger partial charge in [-0.1, -0.05) is 28.9 Å². The first-order valence-corrected chi connectivity index (χ1v) is 17.3. The summed E-state index contributed by atoms with van der Waals surface area (Å²) < 4.78 is 19.4. The molecule has 0 saturated carbocycles. The van der Waals surface area contributed by atoms with Gasteiger partial charge in [0.25, 0.3) is 0 Å². The van der Waals surface area contributed by atoms with Crippen molar-refractivity contribution in [3.05, 3.63) is 12.7 Å². The van der Waals surface area contributed by atoms with Crippen LogP contribution in [0.2, 0.25) is 0 Å². The maximum absolute atomic E-state index is 10.5. The van der Waals surface area contributed by atoms with E-state index in [0.29, 0.717) is 78.3 Å². The van der Waals surface area contributed by atoms with Crippen LogP contribution >= 0.6 is 0 Å². The highest BCUT2D eigenvalue weighted by molar-refractivity contribution is 5.81. The number of carbonyl (C=O) groups excluding carboxylic acids is 5. The summed E-state index contributed by atoms with van der Waals surface area (Å²) in [6.45, 7) is 7.55. The summed E-state index contributed by atoms with van der Waals surface area (Å²) in [6.07, 6.45) is 2.43. The first kappa shape index (κ1) is 88.7. The van der Waals surface area contributed by atoms with E-state index in [-0.39, 0.29) is 53.0 Å². The Kier molecular flexibility index (Phi) is 147. The molecule has 0 aliphatic carbocycles. The van der Waals surface area contributed by atoms with Crippen LogP contribution in [-0.4, -0.2) is 181 Å². The Labute approximate surface area is 367 Å². The third-order valence-corrected chi connectivity index (χ3v) is 4.28. The molecule has 0 aromatic heterocycles. The molecule has 0 atom stereocenters. The molecule has 0 aromatic rings. The number of methoxy groups -OCH3 is 1. The number of ether oxygens (including phenoxy) is 4. The van der Waals surface area contributed by atoms with Crippen molar-refractivity contribution in [1.82, 2.24) is 21.3 Å². The maximum atomic E-state index is 10.5. The normalized spacial score (nSPS) is 8.02. The Bertz CT molecular complexity index is 710. The van der Waals surface area contributed by atoms with Gasteiger partial charge in [0.05, 0.1) is 80.6 Å². The molecular formula is C36H92N8O17. The molecule has 12 N–H and O–H groups in total. The summed E-state index contributed by atoms with van der Waals surface area (Å²) in [6, 6.07) is 0. The van der Waals surface area contributed by atoms with Crippen molar-refractivity contribution in [3.8, 4) is 0 Å². The number of hydrogen-bond acceptors (Lipinski definition) is 25. The topological polar surface area (TPSA) is 348 Å². The highest BCUT2D eigenvalue weighted by Crippen LogP contribution is 1.86. The minimum atomic E-state index is -0.495. The predicted octanol–water partition coefficient (Wildman–Crippen LogP) is -0.637. The average molecular weight is 909 g/mol. The first-order chi connectivity index (χ1) is 28.0. The number of rotatable bonds is 25. The lowest BCUT2D eigenvalue weighted by Crippen LogP contribution is -2.14. The molecule has 61 heavy (non-hydrogen) atoms. The molecule has 0 bridgehead atoms. The van der Waals surface area contributed by atoms with E-state index in [0.717, 1.165) is 6.08 Å². The summed E-state index contributed by atoms with van der Waals surface area (Å²) in [7, 11) is 19.9. The second-order valence-corrected chi connectivity index (χ2v) is 8.20. The van der Waals surface area contributed by atoms with Gasteiger partial charge in [0, 0.05) is 39.4 Å². The van der Waals surface area contributed by atoms with Crippen molar-refractivity contribution in [2.45, 2.75) is 48.0 Å². The highest BCUT2D eigenvalue weighted by atomic mass is 17.2. The van der Waals surface area contributed by atoms with E-state index in [9.17, 15) is 24.0 Å². The standard InChI is InChI=1S/C9H16O5.4C5H11NO3.4CH5N.3CH4/c1-3-9(10)14-8-13-7-6-12-5-4-11-2;4*1-6-4-3-5(7)9-8-2;4*1-2;;;/h3H,1,4-8H2,2H3;4*6H,3-4H2,1-2H3;4*2H2,1H3;3*1H4. The zero-order valence-electron chi connectivity index (χ0n) is 37.2. The van der Waals surface area contributed by atoms with Gasteiger partial charge in [-0.3, -0.25) is 19.6 Å². The molecule has 378 valence electrons. The number of carbonyl (C=O) groups is 5. The fourth-order valence-electron chi connectivity index (χ4n) is 2.03. The van der Waals surface area contributed by atoms with Crippen LogP contribution in [0.4, 0.5) is 0 Å². The number of nitrogens with two attached hydrogens (primary N) is 4. The van der Waals surface area contributed by atoms with Crippen LogP contribution in [-0.2, 0) is 82.0 Å². The van der Waals surface area contributed by atoms with Crippen molar-refractivity contribution in [2.75, 3.05) is 151 Å². The van der Waals surface area contributed by atoms with Crippen LogP contribution in [0.25, 0.3) is 0 Å². The maximum Gasteiger partial charge on any atom is 0.343 e. The molecule has 0 rings (SSSR count). The van der Waals surface area contributed by atoms with Crippen molar-refractivity contribution < 1.29 is 82.0 Å². The fourth-order valence-corrected chi connectivity index (χ4v) is 2.03. The third kappa shape index (κ3) is 126. The molecular weight excluding hydrogens is 816 g/mol. The third-order valence-electron chi connectivity index (χ3n) is 4.28. The zero-order chi connectivity index (χ0) is 47.1. The molecule has 0 saturated heterocycles. The van der Waals surface area contributed by atoms with Crippen molar-refractivity contribution in [2.24, 2.45) is 22.9 Å². The monoisotopic (exact) mass is 909 g/mol. The van der Waals surface area contributed by atoms with E-state index in [1.165, 1.54) is 56.6 Å². The van der Waals surface area contributed by atoms with Crippen LogP contribution in [0.15, 0.2) is 12.7 Å². The summed E-state index contributed by atoms with van der Waals surface area (Å²) >= 11 is 0. The van der Waals surface area contributed by atoms with Crippen molar-refractivity contribution in [3.63, 3.8) is 0 Å². The smallest absolute Gasteiger partial charge is 0.343 e. The van der Waals surface area contributed by atoms with Crippen LogP contribution in [0.1, 0.15) is 48.0 Å². The van der Waals surface area contributed by atoms with E-state index in [4.69, 9.17) is 14.2 Å². The molecule has 0 amide bonds. The first-order valence-electron chi connectivity index (χ1n) is 17.3. The Hall–Kier alpha value is -3.51. The number of nitrogens with one attached hydrogen (secondary N) is 4. The Balaban J connectivity index is -0.0000000470. The van der Waals surface area contributed by atoms with Crippen LogP contribution in [0, 0.1) is 0 Å². The zero-order valence-corrected chi connectivity index (χ0v) is 37.2. The molecule has 0 aromatic carbocycles. The van der Waals surface area contributed by atoms with E-state index in [2.05, 4.69) is 94.6 Å². The number of esters is 1. The van der Waals surface area contributed by atoms with Gasteiger partial charge in [0.2, 0.25) is 0 Å². The van der Waals surface area contributed by atoms with Gasteiger partial charge >= 0.3 is 29.8 Å². The summed E-state index contributed by atoms with van der Waals surface area (Å²) in [5.74, 6) is -1.91. The minimum Gasteiger partial charge on any atom is -0.435 e. The minimum absolute atomic E-state index is 0. The van der Waals surface area contributed by atoms with Gasteiger partial charge in [0.1, 0.15) is 0 Å². The molecule has 0 aliphatic heterocycles. The summed E-state index contributed by atoms with van der Waals surface area (Å²) in [5, 5.41) is 11.2. The molecule has 0 radical (unpaired) electrons. The van der Waals surface area contributed by atoms with Gasteiger partial charge in [-0.2, -0.15) is 19.6 Å². The lowest BCUT2D eigenvalue weighted by Gasteiger charge is -2.05. The fraction of sp³-hybridized carbons (Fsp3) is 0.806. The Morgan fingerprint density at radius 2 is 0.705 bits per heavy atom. The molecule has 0 heterocycles. The van der Waals surface area contributed by atoms with E-state index >= 15 is 0 Å². The van der Waals surface area contributed by atoms with Crippen LogP contribution in [0.3, 0.4) is 0 Å². The molecule has 25 nitrogen and oxygen atoms in total. The number of hydrogen-bond donors (Lipinski definition) is 8. The molecule has 0 fully saturated rings. The van der Waals surface area contributed by atoms with Crippen molar-refractivity contribution in [1.29, 1.82) is 0 Å². The van der Waals surface area contributed by atoms with Gasteiger partial charge in [-0.05, 0) is 56.4 Å².